The first kappa shape index (κ1) is 24.6. The zero-order valence-corrected chi connectivity index (χ0v) is 20.1. The Balaban J connectivity index is 1.62. The predicted octanol–water partition coefficient (Wildman–Crippen LogP) is 5.97. The van der Waals surface area contributed by atoms with E-state index in [4.69, 9.17) is 32.7 Å². The van der Waals surface area contributed by atoms with E-state index in [1.54, 1.807) is 45.3 Å². The summed E-state index contributed by atoms with van der Waals surface area (Å²) in [4.78, 5) is 28.1. The summed E-state index contributed by atoms with van der Waals surface area (Å²) in [5, 5.41) is 7.87. The molecule has 3 rings (SSSR count). The van der Waals surface area contributed by atoms with Crippen LogP contribution in [0.15, 0.2) is 48.8 Å². The molecular weight excluding hydrogens is 465 g/mol. The van der Waals surface area contributed by atoms with Gasteiger partial charge in [-0.25, -0.2) is 4.79 Å². The van der Waals surface area contributed by atoms with Gasteiger partial charge in [-0.3, -0.25) is 9.78 Å². The van der Waals surface area contributed by atoms with Gasteiger partial charge >= 0.3 is 6.09 Å². The highest BCUT2D eigenvalue weighted by Gasteiger charge is 2.17. The maximum Gasteiger partial charge on any atom is 0.407 e. The molecule has 1 heterocycles. The summed E-state index contributed by atoms with van der Waals surface area (Å²) in [6, 6.07) is 10.8. The van der Waals surface area contributed by atoms with E-state index in [2.05, 4.69) is 15.6 Å². The van der Waals surface area contributed by atoms with Crippen molar-refractivity contribution in [2.45, 2.75) is 39.4 Å². The zero-order chi connectivity index (χ0) is 24.0. The van der Waals surface area contributed by atoms with Gasteiger partial charge in [-0.15, -0.1) is 0 Å². The number of pyridine rings is 1. The fraction of sp³-hybridized carbons (Fsp3) is 0.292. The van der Waals surface area contributed by atoms with Gasteiger partial charge in [0.25, 0.3) is 0 Å². The largest absolute Gasteiger partial charge is 0.488 e. The molecule has 3 aromatic rings. The number of nitrogens with one attached hydrogen (secondary N) is 2. The predicted molar refractivity (Wildman–Crippen MR) is 130 cm³/mol. The summed E-state index contributed by atoms with van der Waals surface area (Å²) in [7, 11) is 0. The van der Waals surface area contributed by atoms with Crippen molar-refractivity contribution in [1.29, 1.82) is 0 Å². The molecular formula is C24H25Cl2N3O4. The fourth-order valence-corrected chi connectivity index (χ4v) is 3.53. The van der Waals surface area contributed by atoms with E-state index in [0.717, 1.165) is 10.8 Å². The Morgan fingerprint density at radius 2 is 1.88 bits per heavy atom. The number of nitrogens with zero attached hydrogens (tertiary/aromatic N) is 1. The van der Waals surface area contributed by atoms with Crippen molar-refractivity contribution < 1.29 is 19.1 Å². The number of hydrogen-bond donors (Lipinski definition) is 2. The van der Waals surface area contributed by atoms with Crippen molar-refractivity contribution in [1.82, 2.24) is 10.3 Å². The lowest BCUT2D eigenvalue weighted by molar-refractivity contribution is -0.116. The van der Waals surface area contributed by atoms with Crippen molar-refractivity contribution >= 4 is 51.7 Å². The van der Waals surface area contributed by atoms with Gasteiger partial charge in [0.15, 0.2) is 0 Å². The Morgan fingerprint density at radius 1 is 1.09 bits per heavy atom. The molecule has 2 aromatic carbocycles. The van der Waals surface area contributed by atoms with E-state index in [1.807, 2.05) is 24.3 Å². The third-order valence-electron chi connectivity index (χ3n) is 4.49. The molecule has 9 heteroatoms. The number of carbonyl (C=O) groups excluding carboxylic acids is 2. The molecule has 0 saturated carbocycles. The average molecular weight is 490 g/mol. The van der Waals surface area contributed by atoms with Gasteiger partial charge in [-0.2, -0.15) is 0 Å². The lowest BCUT2D eigenvalue weighted by Gasteiger charge is -2.19. The van der Waals surface area contributed by atoms with Gasteiger partial charge < -0.3 is 20.1 Å². The smallest absolute Gasteiger partial charge is 0.407 e. The van der Waals surface area contributed by atoms with Crippen molar-refractivity contribution in [2.24, 2.45) is 0 Å². The molecule has 7 nitrogen and oxygen atoms in total. The molecule has 0 radical (unpaired) electrons. The van der Waals surface area contributed by atoms with Gasteiger partial charge in [-0.1, -0.05) is 35.3 Å². The second-order valence-corrected chi connectivity index (χ2v) is 9.04. The van der Waals surface area contributed by atoms with Crippen LogP contribution in [-0.2, 0) is 16.1 Å². The molecule has 0 aliphatic heterocycles. The zero-order valence-electron chi connectivity index (χ0n) is 18.6. The first-order valence-electron chi connectivity index (χ1n) is 10.3. The van der Waals surface area contributed by atoms with Crippen LogP contribution < -0.4 is 15.4 Å². The van der Waals surface area contributed by atoms with Gasteiger partial charge in [0, 0.05) is 46.7 Å². The first-order chi connectivity index (χ1) is 15.6. The Labute approximate surface area is 202 Å². The number of rotatable bonds is 7. The summed E-state index contributed by atoms with van der Waals surface area (Å²) in [5.41, 5.74) is 0.350. The van der Waals surface area contributed by atoms with Crippen LogP contribution >= 0.6 is 23.2 Å². The van der Waals surface area contributed by atoms with E-state index >= 15 is 0 Å². The highest BCUT2D eigenvalue weighted by atomic mass is 35.5. The minimum absolute atomic E-state index is 0.0497. The lowest BCUT2D eigenvalue weighted by Crippen LogP contribution is -2.34. The number of fused-ring (bicyclic) bond motifs is 1. The molecule has 1 aromatic heterocycles. The third kappa shape index (κ3) is 6.97. The van der Waals surface area contributed by atoms with Crippen LogP contribution in [0.3, 0.4) is 0 Å². The molecule has 0 fully saturated rings. The molecule has 0 aliphatic rings. The number of amides is 2. The number of carbonyl (C=O) groups is 2. The second kappa shape index (κ2) is 10.7. The first-order valence-corrected chi connectivity index (χ1v) is 11.1. The summed E-state index contributed by atoms with van der Waals surface area (Å²) >= 11 is 12.9. The standard InChI is InChI=1S/C24H25Cl2N3O4/c1-24(2,3)33-23(31)28-12-10-21(30)29-19-8-7-18(25)17(22(19)26)14-32-20-6-4-5-15-13-27-11-9-16(15)20/h4-9,11,13H,10,12,14H2,1-3H3,(H,28,31)(H,29,30). The topological polar surface area (TPSA) is 89.5 Å². The molecule has 0 saturated heterocycles. The van der Waals surface area contributed by atoms with Crippen molar-refractivity contribution in [2.75, 3.05) is 11.9 Å². The number of aromatic nitrogens is 1. The fourth-order valence-electron chi connectivity index (χ4n) is 3.00. The van der Waals surface area contributed by atoms with E-state index < -0.39 is 11.7 Å². The number of ether oxygens (including phenoxy) is 2. The van der Waals surface area contributed by atoms with Crippen LogP contribution in [0.2, 0.25) is 10.0 Å². The van der Waals surface area contributed by atoms with Crippen LogP contribution in [0.4, 0.5) is 10.5 Å². The van der Waals surface area contributed by atoms with E-state index in [-0.39, 0.29) is 30.5 Å². The molecule has 0 atom stereocenters. The van der Waals surface area contributed by atoms with Crippen LogP contribution in [-0.4, -0.2) is 29.1 Å². The molecule has 33 heavy (non-hydrogen) atoms. The van der Waals surface area contributed by atoms with E-state index in [1.165, 1.54) is 0 Å². The molecule has 174 valence electrons. The number of alkyl carbamates (subject to hydrolysis) is 1. The van der Waals surface area contributed by atoms with Crippen LogP contribution in [0, 0.1) is 0 Å². The Kier molecular flexibility index (Phi) is 8.00. The molecule has 0 unspecified atom stereocenters. The van der Waals surface area contributed by atoms with Gasteiger partial charge in [0.2, 0.25) is 5.91 Å². The highest BCUT2D eigenvalue weighted by molar-refractivity contribution is 6.38. The Morgan fingerprint density at radius 3 is 2.64 bits per heavy atom. The lowest BCUT2D eigenvalue weighted by atomic mass is 10.1. The van der Waals surface area contributed by atoms with Gasteiger partial charge in [-0.05, 0) is 45.0 Å². The van der Waals surface area contributed by atoms with Crippen LogP contribution in [0.25, 0.3) is 10.8 Å². The molecule has 2 amide bonds. The van der Waals surface area contributed by atoms with Crippen LogP contribution in [0.5, 0.6) is 5.75 Å². The SMILES string of the molecule is CC(C)(C)OC(=O)NCCC(=O)Nc1ccc(Cl)c(COc2cccc3cnccc23)c1Cl. The Bertz CT molecular complexity index is 1160. The minimum Gasteiger partial charge on any atom is -0.488 e. The minimum atomic E-state index is -0.607. The maximum atomic E-state index is 12.3. The van der Waals surface area contributed by atoms with Crippen molar-refractivity contribution in [3.63, 3.8) is 0 Å². The van der Waals surface area contributed by atoms with E-state index in [0.29, 0.717) is 22.0 Å². The quantitative estimate of drug-likeness (QED) is 0.426. The summed E-state index contributed by atoms with van der Waals surface area (Å²) in [6.45, 7) is 5.53. The number of anilines is 1. The van der Waals surface area contributed by atoms with Gasteiger partial charge in [0.05, 0.1) is 10.7 Å². The van der Waals surface area contributed by atoms with Crippen LogP contribution in [0.1, 0.15) is 32.8 Å². The molecule has 0 bridgehead atoms. The summed E-state index contributed by atoms with van der Waals surface area (Å²) in [5.74, 6) is 0.355. The molecule has 0 spiro atoms. The van der Waals surface area contributed by atoms with Crippen molar-refractivity contribution in [3.05, 3.63) is 64.4 Å². The Hall–Kier alpha value is -3.03. The highest BCUT2D eigenvalue weighted by Crippen LogP contribution is 2.34. The van der Waals surface area contributed by atoms with Gasteiger partial charge in [0.1, 0.15) is 18.0 Å². The van der Waals surface area contributed by atoms with Crippen molar-refractivity contribution in [3.8, 4) is 5.75 Å². The second-order valence-electron chi connectivity index (χ2n) is 8.26. The number of hydrogen-bond acceptors (Lipinski definition) is 5. The molecule has 0 aliphatic carbocycles. The third-order valence-corrected chi connectivity index (χ3v) is 5.28. The normalized spacial score (nSPS) is 11.2. The van der Waals surface area contributed by atoms with E-state index in [9.17, 15) is 9.59 Å². The number of benzene rings is 2. The average Bonchev–Trinajstić information content (AvgIpc) is 2.74. The summed E-state index contributed by atoms with van der Waals surface area (Å²) < 4.78 is 11.1. The number of halogens is 2. The molecule has 2 N–H and O–H groups in total. The maximum absolute atomic E-state index is 12.3. The summed E-state index contributed by atoms with van der Waals surface area (Å²) in [6.07, 6.45) is 2.93. The monoisotopic (exact) mass is 489 g/mol.